The van der Waals surface area contributed by atoms with Crippen LogP contribution in [0.3, 0.4) is 0 Å². The van der Waals surface area contributed by atoms with Gasteiger partial charge in [0.25, 0.3) is 0 Å². The largest absolute Gasteiger partial charge is 0.394 e. The lowest BCUT2D eigenvalue weighted by molar-refractivity contribution is -0.325. The molecule has 3 fully saturated rings. The predicted octanol–water partition coefficient (Wildman–Crippen LogP) is -6.26. The Morgan fingerprint density at radius 2 is 1.31 bits per heavy atom. The van der Waals surface area contributed by atoms with E-state index in [0.29, 0.717) is 0 Å². The fourth-order valence-corrected chi connectivity index (χ4v) is 4.40. The minimum Gasteiger partial charge on any atom is -0.394 e. The molecule has 14 nitrogen and oxygen atoms in total. The van der Waals surface area contributed by atoms with Gasteiger partial charge in [-0.25, -0.2) is 0 Å². The van der Waals surface area contributed by atoms with Crippen molar-refractivity contribution in [2.45, 2.75) is 98.5 Å². The molecule has 2 saturated heterocycles. The molecule has 0 bridgehead atoms. The average molecular weight is 469 g/mol. The molecule has 14 atom stereocenters. The summed E-state index contributed by atoms with van der Waals surface area (Å²) in [6.07, 6.45) is -13.3. The molecule has 3 rings (SSSR count). The summed E-state index contributed by atoms with van der Waals surface area (Å²) in [5.74, 6) is 0. The van der Waals surface area contributed by atoms with Crippen LogP contribution >= 0.6 is 0 Å². The van der Waals surface area contributed by atoms with E-state index in [0.717, 1.165) is 0 Å². The molecule has 2 aliphatic heterocycles. The molecule has 14 heteroatoms. The number of aliphatic hydroxyl groups excluding tert-OH is 6. The third-order valence-electron chi connectivity index (χ3n) is 6.35. The highest BCUT2D eigenvalue weighted by Crippen LogP contribution is 2.31. The lowest BCUT2D eigenvalue weighted by Crippen LogP contribution is -2.67. The van der Waals surface area contributed by atoms with Gasteiger partial charge in [0.2, 0.25) is 0 Å². The van der Waals surface area contributed by atoms with Gasteiger partial charge in [-0.15, -0.1) is 0 Å². The van der Waals surface area contributed by atoms with Crippen molar-refractivity contribution < 1.29 is 49.6 Å². The highest BCUT2D eigenvalue weighted by Gasteiger charge is 2.50. The fraction of sp³-hybridized carbons (Fsp3) is 1.00. The summed E-state index contributed by atoms with van der Waals surface area (Å²) in [5, 5.41) is 60.5. The molecular formula is C18H36N4O10. The van der Waals surface area contributed by atoms with Crippen LogP contribution in [0, 0.1) is 0 Å². The molecule has 0 aromatic heterocycles. The first-order valence-electron chi connectivity index (χ1n) is 10.7. The lowest BCUT2D eigenvalue weighted by Gasteiger charge is -2.47. The first-order valence-corrected chi connectivity index (χ1v) is 10.7. The minimum atomic E-state index is -1.62. The summed E-state index contributed by atoms with van der Waals surface area (Å²) in [6.45, 7) is -0.615. The Morgan fingerprint density at radius 3 is 1.91 bits per heavy atom. The minimum absolute atomic E-state index is 0.0951. The van der Waals surface area contributed by atoms with Crippen molar-refractivity contribution in [2.24, 2.45) is 22.9 Å². The van der Waals surface area contributed by atoms with Gasteiger partial charge in [-0.3, -0.25) is 0 Å². The van der Waals surface area contributed by atoms with Gasteiger partial charge in [0.15, 0.2) is 12.6 Å². The highest BCUT2D eigenvalue weighted by molar-refractivity contribution is 5.00. The topological polar surface area (TPSA) is 262 Å². The standard InChI is InChI=1S/C18H36N4O10/c19-3-8-12(25)13(26)14(27)18(30-8)32-17-7(22)1-6(21)16(15(17)28)31-10-2-5(20)11(24)9(4-23)29-10/h5-18,23-28H,1-4,19-22H2/t5-,6+,7+,8-,9-,10+,11-,12+,13+,14+,15-,16-,17+,18+/m0/s1. The molecule has 3 aliphatic rings. The number of ether oxygens (including phenoxy) is 4. The third kappa shape index (κ3) is 5.24. The van der Waals surface area contributed by atoms with Crippen LogP contribution in [-0.2, 0) is 18.9 Å². The second kappa shape index (κ2) is 10.8. The number of hydrogen-bond donors (Lipinski definition) is 10. The van der Waals surface area contributed by atoms with Crippen LogP contribution in [0.4, 0.5) is 0 Å². The molecule has 0 aromatic carbocycles. The van der Waals surface area contributed by atoms with E-state index >= 15 is 0 Å². The van der Waals surface area contributed by atoms with E-state index in [2.05, 4.69) is 0 Å². The summed E-state index contributed by atoms with van der Waals surface area (Å²) in [6, 6.07) is -2.19. The van der Waals surface area contributed by atoms with E-state index in [1.165, 1.54) is 0 Å². The van der Waals surface area contributed by atoms with E-state index in [4.69, 9.17) is 41.9 Å². The molecule has 1 saturated carbocycles. The Balaban J connectivity index is 1.69. The maximum atomic E-state index is 10.9. The molecule has 1 aliphatic carbocycles. The number of nitrogens with two attached hydrogens (primary N) is 4. The van der Waals surface area contributed by atoms with Gasteiger partial charge in [0.1, 0.15) is 48.8 Å². The van der Waals surface area contributed by atoms with Crippen LogP contribution in [0.25, 0.3) is 0 Å². The van der Waals surface area contributed by atoms with Crippen LogP contribution in [0.1, 0.15) is 12.8 Å². The smallest absolute Gasteiger partial charge is 0.187 e. The van der Waals surface area contributed by atoms with E-state index in [1.807, 2.05) is 0 Å². The lowest BCUT2D eigenvalue weighted by atomic mass is 9.84. The van der Waals surface area contributed by atoms with E-state index in [9.17, 15) is 30.6 Å². The molecule has 14 N–H and O–H groups in total. The number of hydrogen-bond acceptors (Lipinski definition) is 14. The van der Waals surface area contributed by atoms with Crippen molar-refractivity contribution >= 4 is 0 Å². The molecule has 0 aromatic rings. The Hall–Kier alpha value is -0.560. The van der Waals surface area contributed by atoms with Crippen molar-refractivity contribution in [2.75, 3.05) is 13.2 Å². The van der Waals surface area contributed by atoms with Crippen molar-refractivity contribution in [3.63, 3.8) is 0 Å². The molecule has 0 radical (unpaired) electrons. The second-order valence-electron chi connectivity index (χ2n) is 8.68. The maximum absolute atomic E-state index is 10.9. The zero-order valence-electron chi connectivity index (χ0n) is 17.5. The van der Waals surface area contributed by atoms with Crippen LogP contribution in [0.2, 0.25) is 0 Å². The Kier molecular flexibility index (Phi) is 8.79. The van der Waals surface area contributed by atoms with Crippen LogP contribution < -0.4 is 22.9 Å². The molecule has 0 spiro atoms. The first kappa shape index (κ1) is 26.1. The second-order valence-corrected chi connectivity index (χ2v) is 8.68. The quantitative estimate of drug-likeness (QED) is 0.174. The number of aliphatic hydroxyl groups is 6. The molecule has 0 amide bonds. The van der Waals surface area contributed by atoms with Crippen molar-refractivity contribution in [1.82, 2.24) is 0 Å². The summed E-state index contributed by atoms with van der Waals surface area (Å²) in [5.41, 5.74) is 23.7. The van der Waals surface area contributed by atoms with Crippen molar-refractivity contribution in [1.29, 1.82) is 0 Å². The van der Waals surface area contributed by atoms with Gasteiger partial charge in [0.05, 0.1) is 12.7 Å². The first-order chi connectivity index (χ1) is 15.1. The Labute approximate surface area is 185 Å². The maximum Gasteiger partial charge on any atom is 0.187 e. The fourth-order valence-electron chi connectivity index (χ4n) is 4.40. The van der Waals surface area contributed by atoms with E-state index in [1.54, 1.807) is 0 Å². The zero-order valence-corrected chi connectivity index (χ0v) is 17.5. The predicted molar refractivity (Wildman–Crippen MR) is 106 cm³/mol. The van der Waals surface area contributed by atoms with Gasteiger partial charge >= 0.3 is 0 Å². The molecular weight excluding hydrogens is 432 g/mol. The zero-order chi connectivity index (χ0) is 23.7. The summed E-state index contributed by atoms with van der Waals surface area (Å²) in [4.78, 5) is 0. The van der Waals surface area contributed by atoms with E-state index < -0.39 is 92.2 Å². The van der Waals surface area contributed by atoms with Gasteiger partial charge in [-0.05, 0) is 6.42 Å². The Morgan fingerprint density at radius 1 is 0.688 bits per heavy atom. The van der Waals surface area contributed by atoms with Crippen molar-refractivity contribution in [3.8, 4) is 0 Å². The van der Waals surface area contributed by atoms with Crippen LogP contribution in [0.5, 0.6) is 0 Å². The normalized spacial score (nSPS) is 52.7. The average Bonchev–Trinajstić information content (AvgIpc) is 2.76. The Bertz CT molecular complexity index is 606. The van der Waals surface area contributed by atoms with Gasteiger partial charge < -0.3 is 72.5 Å². The third-order valence-corrected chi connectivity index (χ3v) is 6.35. The summed E-state index contributed by atoms with van der Waals surface area (Å²) >= 11 is 0. The highest BCUT2D eigenvalue weighted by atomic mass is 16.7. The molecule has 0 unspecified atom stereocenters. The van der Waals surface area contributed by atoms with Gasteiger partial charge in [0, 0.05) is 31.1 Å². The monoisotopic (exact) mass is 468 g/mol. The molecule has 2 heterocycles. The van der Waals surface area contributed by atoms with Crippen LogP contribution in [-0.4, -0.2) is 129 Å². The molecule has 188 valence electrons. The summed E-state index contributed by atoms with van der Waals surface area (Å²) in [7, 11) is 0. The number of rotatable bonds is 6. The SMILES string of the molecule is NC[C@@H]1O[C@H](O[C@H]2[C@@H](O)[C@@H](O[C@@H]3C[C@H](N)[C@H](O)[C@H](CO)O3)[C@H](N)C[C@H]2N)[C@H](O)[C@H](O)[C@@H]1O. The molecule has 32 heavy (non-hydrogen) atoms. The van der Waals surface area contributed by atoms with Gasteiger partial charge in [-0.1, -0.05) is 0 Å². The summed E-state index contributed by atoms with van der Waals surface area (Å²) < 4.78 is 22.5. The van der Waals surface area contributed by atoms with Gasteiger partial charge in [-0.2, -0.15) is 0 Å². The van der Waals surface area contributed by atoms with Crippen molar-refractivity contribution in [3.05, 3.63) is 0 Å². The van der Waals surface area contributed by atoms with E-state index in [-0.39, 0.29) is 19.4 Å². The van der Waals surface area contributed by atoms with Crippen LogP contribution in [0.15, 0.2) is 0 Å².